The molecular weight excluding hydrogens is 204 g/mol. The molecule has 0 fully saturated rings. The number of hydrogen-bond donors (Lipinski definition) is 1. The van der Waals surface area contributed by atoms with Gasteiger partial charge >= 0.3 is 5.97 Å². The molecule has 2 atom stereocenters. The van der Waals surface area contributed by atoms with E-state index < -0.39 is 17.7 Å². The molecule has 1 aromatic rings. The first-order chi connectivity index (χ1) is 7.48. The van der Waals surface area contributed by atoms with Crippen molar-refractivity contribution in [2.75, 3.05) is 0 Å². The van der Waals surface area contributed by atoms with Gasteiger partial charge in [0, 0.05) is 6.92 Å². The molecule has 0 heterocycles. The molecule has 1 aromatic carbocycles. The van der Waals surface area contributed by atoms with Crippen molar-refractivity contribution in [3.63, 3.8) is 0 Å². The van der Waals surface area contributed by atoms with E-state index in [9.17, 15) is 9.90 Å². The minimum atomic E-state index is -1.27. The monoisotopic (exact) mass is 220 g/mol. The molecule has 0 aromatic heterocycles. The van der Waals surface area contributed by atoms with Crippen LogP contribution in [0.3, 0.4) is 0 Å². The summed E-state index contributed by atoms with van der Waals surface area (Å²) in [6, 6.07) is 9.05. The van der Waals surface area contributed by atoms with Gasteiger partial charge in [0.1, 0.15) is 5.60 Å². The Morgan fingerprint density at radius 3 is 2.50 bits per heavy atom. The fourth-order valence-corrected chi connectivity index (χ4v) is 1.51. The summed E-state index contributed by atoms with van der Waals surface area (Å²) < 4.78 is 5.01. The van der Waals surface area contributed by atoms with E-state index in [1.165, 1.54) is 13.0 Å². The summed E-state index contributed by atoms with van der Waals surface area (Å²) in [6.45, 7) is 6.47. The number of hydrogen-bond acceptors (Lipinski definition) is 3. The predicted molar refractivity (Wildman–Crippen MR) is 61.8 cm³/mol. The van der Waals surface area contributed by atoms with E-state index in [0.29, 0.717) is 5.56 Å². The van der Waals surface area contributed by atoms with Crippen molar-refractivity contribution in [2.45, 2.75) is 25.6 Å². The molecule has 3 nitrogen and oxygen atoms in total. The summed E-state index contributed by atoms with van der Waals surface area (Å²) in [4.78, 5) is 10.9. The van der Waals surface area contributed by atoms with Gasteiger partial charge in [-0.05, 0) is 18.6 Å². The van der Waals surface area contributed by atoms with Gasteiger partial charge in [0.15, 0.2) is 6.10 Å². The lowest BCUT2D eigenvalue weighted by Crippen LogP contribution is -2.38. The summed E-state index contributed by atoms with van der Waals surface area (Å²) >= 11 is 0. The second-order valence-electron chi connectivity index (χ2n) is 3.78. The van der Waals surface area contributed by atoms with E-state index in [1.807, 2.05) is 18.2 Å². The van der Waals surface area contributed by atoms with Gasteiger partial charge in [0.05, 0.1) is 0 Å². The first-order valence-electron chi connectivity index (χ1n) is 5.06. The molecule has 0 amide bonds. The summed E-state index contributed by atoms with van der Waals surface area (Å²) in [6.07, 6.45) is 0.668. The van der Waals surface area contributed by atoms with E-state index in [0.717, 1.165) is 0 Å². The highest BCUT2D eigenvalue weighted by atomic mass is 16.6. The Morgan fingerprint density at radius 1 is 1.50 bits per heavy atom. The molecule has 1 N–H and O–H groups in total. The van der Waals surface area contributed by atoms with Crippen LogP contribution >= 0.6 is 0 Å². The highest BCUT2D eigenvalue weighted by molar-refractivity contribution is 5.66. The maximum Gasteiger partial charge on any atom is 0.303 e. The number of benzene rings is 1. The smallest absolute Gasteiger partial charge is 0.303 e. The van der Waals surface area contributed by atoms with E-state index in [4.69, 9.17) is 4.74 Å². The van der Waals surface area contributed by atoms with Crippen molar-refractivity contribution < 1.29 is 14.6 Å². The molecule has 0 aliphatic heterocycles. The van der Waals surface area contributed by atoms with Gasteiger partial charge in [-0.15, -0.1) is 0 Å². The third kappa shape index (κ3) is 2.70. The fraction of sp³-hybridized carbons (Fsp3) is 0.308. The van der Waals surface area contributed by atoms with Gasteiger partial charge in [-0.1, -0.05) is 36.9 Å². The average Bonchev–Trinajstić information content (AvgIpc) is 2.26. The molecule has 16 heavy (non-hydrogen) atoms. The summed E-state index contributed by atoms with van der Waals surface area (Å²) in [5.74, 6) is -0.443. The lowest BCUT2D eigenvalue weighted by atomic mass is 9.90. The highest BCUT2D eigenvalue weighted by Crippen LogP contribution is 2.27. The van der Waals surface area contributed by atoms with Gasteiger partial charge < -0.3 is 9.84 Å². The third-order valence-electron chi connectivity index (χ3n) is 2.42. The van der Waals surface area contributed by atoms with E-state index in [2.05, 4.69) is 6.58 Å². The number of rotatable bonds is 4. The lowest BCUT2D eigenvalue weighted by Gasteiger charge is -2.30. The van der Waals surface area contributed by atoms with Crippen LogP contribution in [0, 0.1) is 0 Å². The van der Waals surface area contributed by atoms with Crippen LogP contribution in [0.25, 0.3) is 0 Å². The molecule has 3 heteroatoms. The SMILES string of the molecule is C=C[C@H](OC(C)=O)[C@](C)(O)c1ccccc1. The van der Waals surface area contributed by atoms with Crippen molar-refractivity contribution in [1.82, 2.24) is 0 Å². The van der Waals surface area contributed by atoms with Crippen LogP contribution < -0.4 is 0 Å². The topological polar surface area (TPSA) is 46.5 Å². The second-order valence-corrected chi connectivity index (χ2v) is 3.78. The van der Waals surface area contributed by atoms with Crippen LogP contribution in [0.2, 0.25) is 0 Å². The van der Waals surface area contributed by atoms with Crippen molar-refractivity contribution in [3.8, 4) is 0 Å². The zero-order valence-corrected chi connectivity index (χ0v) is 9.51. The summed E-state index contributed by atoms with van der Waals surface area (Å²) in [7, 11) is 0. The van der Waals surface area contributed by atoms with Crippen molar-refractivity contribution in [2.24, 2.45) is 0 Å². The number of carbonyl (C=O) groups excluding carboxylic acids is 1. The van der Waals surface area contributed by atoms with Gasteiger partial charge in [0.25, 0.3) is 0 Å². The molecule has 0 aliphatic rings. The fourth-order valence-electron chi connectivity index (χ4n) is 1.51. The predicted octanol–water partition coefficient (Wildman–Crippen LogP) is 2.01. The van der Waals surface area contributed by atoms with Gasteiger partial charge in [0.2, 0.25) is 0 Å². The number of aliphatic hydroxyl groups is 1. The van der Waals surface area contributed by atoms with Crippen LogP contribution in [0.5, 0.6) is 0 Å². The van der Waals surface area contributed by atoms with Crippen molar-refractivity contribution in [3.05, 3.63) is 48.6 Å². The Bertz CT molecular complexity index is 368. The summed E-state index contributed by atoms with van der Waals surface area (Å²) in [5, 5.41) is 10.3. The molecule has 0 spiro atoms. The standard InChI is InChI=1S/C13H16O3/c1-4-12(16-10(2)14)13(3,15)11-8-6-5-7-9-11/h4-9,12,15H,1H2,2-3H3/t12-,13+/m0/s1. The van der Waals surface area contributed by atoms with Crippen LogP contribution in [0.1, 0.15) is 19.4 Å². The Balaban J connectivity index is 2.98. The zero-order chi connectivity index (χ0) is 12.2. The minimum Gasteiger partial charge on any atom is -0.455 e. The average molecular weight is 220 g/mol. The van der Waals surface area contributed by atoms with E-state index in [1.54, 1.807) is 19.1 Å². The highest BCUT2D eigenvalue weighted by Gasteiger charge is 2.33. The van der Waals surface area contributed by atoms with Gasteiger partial charge in [-0.3, -0.25) is 4.79 Å². The quantitative estimate of drug-likeness (QED) is 0.623. The van der Waals surface area contributed by atoms with E-state index >= 15 is 0 Å². The normalized spacial score (nSPS) is 15.9. The lowest BCUT2D eigenvalue weighted by molar-refractivity contribution is -0.156. The Kier molecular flexibility index (Phi) is 3.85. The maximum absolute atomic E-state index is 10.9. The Labute approximate surface area is 95.4 Å². The van der Waals surface area contributed by atoms with Crippen molar-refractivity contribution in [1.29, 1.82) is 0 Å². The molecule has 86 valence electrons. The van der Waals surface area contributed by atoms with E-state index in [-0.39, 0.29) is 0 Å². The number of ether oxygens (including phenoxy) is 1. The maximum atomic E-state index is 10.9. The third-order valence-corrected chi connectivity index (χ3v) is 2.42. The Hall–Kier alpha value is -1.61. The van der Waals surface area contributed by atoms with Crippen LogP contribution in [-0.2, 0) is 15.1 Å². The second kappa shape index (κ2) is 4.94. The minimum absolute atomic E-state index is 0.443. The van der Waals surface area contributed by atoms with Crippen LogP contribution in [-0.4, -0.2) is 17.2 Å². The van der Waals surface area contributed by atoms with Crippen molar-refractivity contribution >= 4 is 5.97 Å². The van der Waals surface area contributed by atoms with Crippen LogP contribution in [0.4, 0.5) is 0 Å². The molecule has 0 radical (unpaired) electrons. The molecule has 0 unspecified atom stereocenters. The summed E-state index contributed by atoms with van der Waals surface area (Å²) in [5.41, 5.74) is -0.588. The molecule has 0 aliphatic carbocycles. The number of esters is 1. The molecule has 0 saturated carbocycles. The largest absolute Gasteiger partial charge is 0.455 e. The first-order valence-corrected chi connectivity index (χ1v) is 5.06. The van der Waals surface area contributed by atoms with Gasteiger partial charge in [-0.2, -0.15) is 0 Å². The molecule has 0 bridgehead atoms. The van der Waals surface area contributed by atoms with Gasteiger partial charge in [-0.25, -0.2) is 0 Å². The number of carbonyl (C=O) groups is 1. The van der Waals surface area contributed by atoms with Crippen LogP contribution in [0.15, 0.2) is 43.0 Å². The molecular formula is C13H16O3. The first kappa shape index (κ1) is 12.5. The molecule has 1 rings (SSSR count). The zero-order valence-electron chi connectivity index (χ0n) is 9.51. The Morgan fingerprint density at radius 2 is 2.06 bits per heavy atom. The molecule has 0 saturated heterocycles.